The Kier molecular flexibility index (Phi) is 5.36. The van der Waals surface area contributed by atoms with Crippen molar-refractivity contribution in [3.8, 4) is 0 Å². The van der Waals surface area contributed by atoms with Crippen molar-refractivity contribution in [2.24, 2.45) is 0 Å². The van der Waals surface area contributed by atoms with E-state index in [1.165, 1.54) is 7.11 Å². The van der Waals surface area contributed by atoms with Crippen molar-refractivity contribution in [3.63, 3.8) is 0 Å². The highest BCUT2D eigenvalue weighted by Gasteiger charge is 2.15. The summed E-state index contributed by atoms with van der Waals surface area (Å²) in [4.78, 5) is 22.2. The molecule has 0 spiro atoms. The summed E-state index contributed by atoms with van der Waals surface area (Å²) in [6.07, 6.45) is -0.644. The van der Waals surface area contributed by atoms with Gasteiger partial charge in [0.05, 0.1) is 13.2 Å². The van der Waals surface area contributed by atoms with Crippen LogP contribution in [0, 0.1) is 0 Å². The van der Waals surface area contributed by atoms with Crippen molar-refractivity contribution < 1.29 is 19.4 Å². The fourth-order valence-electron chi connectivity index (χ4n) is 1.53. The lowest BCUT2D eigenvalue weighted by atomic mass is 10.0. The number of carbonyl (C=O) groups is 2. The van der Waals surface area contributed by atoms with Gasteiger partial charge in [-0.15, -0.1) is 0 Å². The number of Topliss-reactive ketones (excluding diaryl/α,β-unsaturated/α-hetero) is 1. The van der Waals surface area contributed by atoms with Crippen molar-refractivity contribution >= 4 is 11.8 Å². The number of rotatable bonds is 6. The van der Waals surface area contributed by atoms with E-state index in [9.17, 15) is 14.7 Å². The van der Waals surface area contributed by atoms with Gasteiger partial charge in [-0.2, -0.15) is 0 Å². The van der Waals surface area contributed by atoms with Gasteiger partial charge in [-0.3, -0.25) is 9.59 Å². The maximum atomic E-state index is 11.4. The van der Waals surface area contributed by atoms with Gasteiger partial charge in [0.25, 0.3) is 0 Å². The maximum absolute atomic E-state index is 11.4. The van der Waals surface area contributed by atoms with E-state index in [0.717, 1.165) is 5.56 Å². The number of ketones is 1. The van der Waals surface area contributed by atoms with Crippen LogP contribution in [0.5, 0.6) is 0 Å². The summed E-state index contributed by atoms with van der Waals surface area (Å²) in [5.41, 5.74) is 0.964. The quantitative estimate of drug-likeness (QED) is 0.593. The third-order valence-electron chi connectivity index (χ3n) is 2.35. The molecule has 0 aromatic heterocycles. The predicted octanol–water partition coefficient (Wildman–Crippen LogP) is 1.11. The number of esters is 1. The second-order valence-electron chi connectivity index (χ2n) is 3.84. The molecule has 0 amide bonds. The lowest BCUT2D eigenvalue weighted by Crippen LogP contribution is -2.18. The average molecular weight is 236 g/mol. The molecule has 0 bridgehead atoms. The Bertz CT molecular complexity index is 372. The second kappa shape index (κ2) is 6.81. The van der Waals surface area contributed by atoms with Crippen molar-refractivity contribution in [1.29, 1.82) is 0 Å². The number of hydrogen-bond acceptors (Lipinski definition) is 4. The molecule has 1 rings (SSSR count). The molecule has 17 heavy (non-hydrogen) atoms. The van der Waals surface area contributed by atoms with E-state index in [2.05, 4.69) is 4.74 Å². The zero-order valence-electron chi connectivity index (χ0n) is 9.76. The molecular weight excluding hydrogens is 220 g/mol. The number of aliphatic hydroxyl groups excluding tert-OH is 1. The van der Waals surface area contributed by atoms with Crippen LogP contribution in [0.15, 0.2) is 30.3 Å². The number of carbonyl (C=O) groups excluding carboxylic acids is 2. The van der Waals surface area contributed by atoms with Crippen molar-refractivity contribution in [2.45, 2.75) is 25.4 Å². The highest BCUT2D eigenvalue weighted by Crippen LogP contribution is 2.07. The first-order valence-corrected chi connectivity index (χ1v) is 5.42. The molecule has 0 saturated carbocycles. The summed E-state index contributed by atoms with van der Waals surface area (Å²) in [5, 5.41) is 9.69. The fraction of sp³-hybridized carbons (Fsp3) is 0.385. The maximum Gasteiger partial charge on any atom is 0.313 e. The monoisotopic (exact) mass is 236 g/mol. The lowest BCUT2D eigenvalue weighted by Gasteiger charge is -2.09. The zero-order chi connectivity index (χ0) is 12.7. The van der Waals surface area contributed by atoms with Crippen LogP contribution >= 0.6 is 0 Å². The van der Waals surface area contributed by atoms with Gasteiger partial charge in [-0.05, 0) is 12.0 Å². The van der Waals surface area contributed by atoms with Gasteiger partial charge >= 0.3 is 5.97 Å². The molecule has 0 aliphatic rings. The normalized spacial score (nSPS) is 11.9. The number of hydrogen-bond donors (Lipinski definition) is 1. The van der Waals surface area contributed by atoms with Crippen molar-refractivity contribution in [2.75, 3.05) is 7.11 Å². The number of methoxy groups -OCH3 is 1. The molecular formula is C13H16O4. The Hall–Kier alpha value is -1.68. The summed E-state index contributed by atoms with van der Waals surface area (Å²) in [6, 6.07) is 9.40. The molecule has 1 aromatic rings. The number of ether oxygens (including phenoxy) is 1. The summed E-state index contributed by atoms with van der Waals surface area (Å²) >= 11 is 0. The fourth-order valence-corrected chi connectivity index (χ4v) is 1.53. The van der Waals surface area contributed by atoms with Gasteiger partial charge in [0.1, 0.15) is 12.2 Å². The lowest BCUT2D eigenvalue weighted by molar-refractivity contribution is -0.143. The third kappa shape index (κ3) is 5.26. The largest absolute Gasteiger partial charge is 0.469 e. The van der Waals surface area contributed by atoms with Gasteiger partial charge in [0.2, 0.25) is 0 Å². The smallest absolute Gasteiger partial charge is 0.313 e. The van der Waals surface area contributed by atoms with E-state index < -0.39 is 12.1 Å². The van der Waals surface area contributed by atoms with Crippen LogP contribution in [0.2, 0.25) is 0 Å². The highest BCUT2D eigenvalue weighted by molar-refractivity contribution is 5.95. The second-order valence-corrected chi connectivity index (χ2v) is 3.84. The number of aliphatic hydroxyl groups is 1. The van der Waals surface area contributed by atoms with Crippen molar-refractivity contribution in [1.82, 2.24) is 0 Å². The van der Waals surface area contributed by atoms with E-state index in [0.29, 0.717) is 6.42 Å². The van der Waals surface area contributed by atoms with Crippen LogP contribution in [0.1, 0.15) is 18.4 Å². The molecule has 0 saturated heterocycles. The SMILES string of the molecule is COC(=O)CC(=O)CC(O)Cc1ccccc1. The predicted molar refractivity (Wildman–Crippen MR) is 62.4 cm³/mol. The highest BCUT2D eigenvalue weighted by atomic mass is 16.5. The molecule has 4 nitrogen and oxygen atoms in total. The van der Waals surface area contributed by atoms with Gasteiger partial charge in [0.15, 0.2) is 0 Å². The molecule has 0 aliphatic carbocycles. The van der Waals surface area contributed by atoms with Gasteiger partial charge in [0, 0.05) is 6.42 Å². The summed E-state index contributed by atoms with van der Waals surface area (Å²) in [5.74, 6) is -0.873. The zero-order valence-corrected chi connectivity index (χ0v) is 9.76. The Balaban J connectivity index is 2.37. The van der Waals surface area contributed by atoms with E-state index >= 15 is 0 Å². The molecule has 1 unspecified atom stereocenters. The van der Waals surface area contributed by atoms with Gasteiger partial charge in [-0.25, -0.2) is 0 Å². The minimum absolute atomic E-state index is 0.0238. The summed E-state index contributed by atoms with van der Waals surface area (Å²) < 4.78 is 4.38. The van der Waals surface area contributed by atoms with Crippen LogP contribution in [-0.4, -0.2) is 30.1 Å². The molecule has 0 heterocycles. The Labute approximate surface area is 100 Å². The summed E-state index contributed by atoms with van der Waals surface area (Å²) in [7, 11) is 1.23. The van der Waals surface area contributed by atoms with Crippen LogP contribution < -0.4 is 0 Å². The average Bonchev–Trinajstić information content (AvgIpc) is 2.29. The van der Waals surface area contributed by atoms with Crippen LogP contribution in [-0.2, 0) is 20.7 Å². The third-order valence-corrected chi connectivity index (χ3v) is 2.35. The van der Waals surface area contributed by atoms with E-state index in [-0.39, 0.29) is 18.6 Å². The number of benzene rings is 1. The minimum atomic E-state index is -0.755. The molecule has 1 N–H and O–H groups in total. The minimum Gasteiger partial charge on any atom is -0.469 e. The summed E-state index contributed by atoms with van der Waals surface area (Å²) in [6.45, 7) is 0. The Morgan fingerprint density at radius 2 is 1.94 bits per heavy atom. The van der Waals surface area contributed by atoms with E-state index in [1.807, 2.05) is 30.3 Å². The van der Waals surface area contributed by atoms with Gasteiger partial charge < -0.3 is 9.84 Å². The molecule has 0 fully saturated rings. The topological polar surface area (TPSA) is 63.6 Å². The van der Waals surface area contributed by atoms with E-state index in [4.69, 9.17) is 0 Å². The first-order valence-electron chi connectivity index (χ1n) is 5.42. The van der Waals surface area contributed by atoms with Gasteiger partial charge in [-0.1, -0.05) is 30.3 Å². The van der Waals surface area contributed by atoms with E-state index in [1.54, 1.807) is 0 Å². The molecule has 1 aromatic carbocycles. The standard InChI is InChI=1S/C13H16O4/c1-17-13(16)9-12(15)8-11(14)7-10-5-3-2-4-6-10/h2-6,11,14H,7-9H2,1H3. The van der Waals surface area contributed by atoms with Crippen LogP contribution in [0.4, 0.5) is 0 Å². The first-order chi connectivity index (χ1) is 8.11. The molecule has 92 valence electrons. The Morgan fingerprint density at radius 1 is 1.29 bits per heavy atom. The molecule has 1 atom stereocenters. The molecule has 0 radical (unpaired) electrons. The molecule has 4 heteroatoms. The Morgan fingerprint density at radius 3 is 2.53 bits per heavy atom. The van der Waals surface area contributed by atoms with Crippen molar-refractivity contribution in [3.05, 3.63) is 35.9 Å². The first kappa shape index (κ1) is 13.4. The molecule has 0 aliphatic heterocycles. The van der Waals surface area contributed by atoms with Crippen LogP contribution in [0.25, 0.3) is 0 Å². The van der Waals surface area contributed by atoms with Crippen LogP contribution in [0.3, 0.4) is 0 Å².